The number of halogens is 1. The van der Waals surface area contributed by atoms with Crippen LogP contribution in [0.5, 0.6) is 0 Å². The van der Waals surface area contributed by atoms with Gasteiger partial charge in [-0.05, 0) is 44.4 Å². The molecule has 0 aliphatic carbocycles. The molecule has 0 fully saturated rings. The fourth-order valence-corrected chi connectivity index (χ4v) is 5.49. The lowest BCUT2D eigenvalue weighted by molar-refractivity contribution is -0.118. The van der Waals surface area contributed by atoms with Crippen LogP contribution in [0.25, 0.3) is 10.9 Å². The van der Waals surface area contributed by atoms with Crippen LogP contribution < -0.4 is 0 Å². The number of carbonyl (C=O) groups is 2. The maximum Gasteiger partial charge on any atom is 0.338 e. The van der Waals surface area contributed by atoms with Gasteiger partial charge in [-0.3, -0.25) is 0 Å². The molecule has 38 heavy (non-hydrogen) atoms. The Kier molecular flexibility index (Phi) is 9.43. The van der Waals surface area contributed by atoms with Gasteiger partial charge in [0, 0.05) is 10.8 Å². The minimum Gasteiger partial charge on any atom is -0.459 e. The van der Waals surface area contributed by atoms with Gasteiger partial charge in [0.1, 0.15) is 30.2 Å². The fraction of sp³-hybridized carbons (Fsp3) is 0.286. The zero-order valence-electron chi connectivity index (χ0n) is 21.1. The quantitative estimate of drug-likeness (QED) is 0.121. The molecule has 2 heterocycles. The van der Waals surface area contributed by atoms with E-state index < -0.39 is 36.4 Å². The second kappa shape index (κ2) is 12.9. The molecule has 0 amide bonds. The number of alkyl halides is 1. The van der Waals surface area contributed by atoms with Crippen molar-refractivity contribution in [2.75, 3.05) is 12.9 Å². The molecule has 7 nitrogen and oxygen atoms in total. The fourth-order valence-electron chi connectivity index (χ4n) is 3.89. The Labute approximate surface area is 228 Å². The Morgan fingerprint density at radius 2 is 1.61 bits per heavy atom. The van der Waals surface area contributed by atoms with Gasteiger partial charge in [-0.25, -0.2) is 23.9 Å². The van der Waals surface area contributed by atoms with Crippen molar-refractivity contribution in [3.8, 4) is 0 Å². The van der Waals surface area contributed by atoms with Crippen LogP contribution in [0.2, 0.25) is 0 Å². The van der Waals surface area contributed by atoms with Crippen molar-refractivity contribution in [3.63, 3.8) is 0 Å². The van der Waals surface area contributed by atoms with Gasteiger partial charge >= 0.3 is 11.9 Å². The lowest BCUT2D eigenvalue weighted by Crippen LogP contribution is -2.43. The van der Waals surface area contributed by atoms with E-state index >= 15 is 0 Å². The van der Waals surface area contributed by atoms with Crippen LogP contribution in [0.3, 0.4) is 0 Å². The Morgan fingerprint density at radius 1 is 0.974 bits per heavy atom. The molecule has 0 saturated carbocycles. The SMILES string of the molecule is CSc1ncnc2c([C@@H](C)O[C@H](COC(=O)c3ccccc3)[C@@H](OC(=O)c3ccccc3)[C@@H](C)F)scc12. The van der Waals surface area contributed by atoms with Gasteiger partial charge in [-0.1, -0.05) is 36.4 Å². The smallest absolute Gasteiger partial charge is 0.338 e. The topological polar surface area (TPSA) is 87.6 Å². The molecule has 0 bridgehead atoms. The van der Waals surface area contributed by atoms with Crippen LogP contribution >= 0.6 is 23.1 Å². The largest absolute Gasteiger partial charge is 0.459 e. The van der Waals surface area contributed by atoms with Crippen molar-refractivity contribution in [1.29, 1.82) is 0 Å². The van der Waals surface area contributed by atoms with Gasteiger partial charge < -0.3 is 14.2 Å². The van der Waals surface area contributed by atoms with E-state index in [4.69, 9.17) is 14.2 Å². The number of ether oxygens (including phenoxy) is 3. The third kappa shape index (κ3) is 6.56. The molecule has 10 heteroatoms. The van der Waals surface area contributed by atoms with Crippen molar-refractivity contribution in [2.45, 2.75) is 43.4 Å². The molecule has 0 unspecified atom stereocenters. The Hall–Kier alpha value is -3.34. The van der Waals surface area contributed by atoms with Crippen molar-refractivity contribution in [3.05, 3.63) is 88.4 Å². The van der Waals surface area contributed by atoms with Gasteiger partial charge in [-0.2, -0.15) is 0 Å². The summed E-state index contributed by atoms with van der Waals surface area (Å²) in [5, 5.41) is 3.68. The van der Waals surface area contributed by atoms with E-state index in [1.54, 1.807) is 67.6 Å². The molecule has 0 aliphatic heterocycles. The van der Waals surface area contributed by atoms with Crippen LogP contribution in [0.1, 0.15) is 45.5 Å². The normalized spacial score (nSPS) is 14.4. The standard InChI is InChI=1S/C28H27FN2O5S2/c1-17(29)24(36-28(33)20-12-8-5-9-13-20)22(14-34-27(32)19-10-6-4-7-11-19)35-18(2)25-23-21(15-38-25)26(37-3)31-16-30-23/h4-13,15-18,22,24H,14H2,1-3H3/t17-,18-,22-,24+/m1/s1. The van der Waals surface area contributed by atoms with Crippen molar-refractivity contribution in [2.24, 2.45) is 0 Å². The number of carbonyl (C=O) groups excluding carboxylic acids is 2. The van der Waals surface area contributed by atoms with E-state index in [1.807, 2.05) is 11.6 Å². The molecule has 0 aliphatic rings. The predicted octanol–water partition coefficient (Wildman–Crippen LogP) is 6.30. The number of fused-ring (bicyclic) bond motifs is 1. The Morgan fingerprint density at radius 3 is 2.21 bits per heavy atom. The van der Waals surface area contributed by atoms with Crippen LogP contribution in [-0.4, -0.2) is 53.1 Å². The first kappa shape index (κ1) is 27.7. The average molecular weight is 555 g/mol. The highest BCUT2D eigenvalue weighted by atomic mass is 32.2. The third-order valence-electron chi connectivity index (χ3n) is 5.79. The average Bonchev–Trinajstić information content (AvgIpc) is 3.39. The summed E-state index contributed by atoms with van der Waals surface area (Å²) >= 11 is 2.95. The molecule has 4 aromatic rings. The summed E-state index contributed by atoms with van der Waals surface area (Å²) in [5.74, 6) is -1.29. The van der Waals surface area contributed by atoms with Gasteiger partial charge in [0.25, 0.3) is 0 Å². The van der Waals surface area contributed by atoms with Crippen LogP contribution in [0.15, 0.2) is 77.4 Å². The summed E-state index contributed by atoms with van der Waals surface area (Å²) in [6, 6.07) is 16.8. The summed E-state index contributed by atoms with van der Waals surface area (Å²) in [6.45, 7) is 2.76. The van der Waals surface area contributed by atoms with Crippen molar-refractivity contribution >= 4 is 45.9 Å². The van der Waals surface area contributed by atoms with Gasteiger partial charge in [0.15, 0.2) is 6.10 Å². The van der Waals surface area contributed by atoms with Gasteiger partial charge in [0.2, 0.25) is 0 Å². The Bertz CT molecular complexity index is 1370. The Balaban J connectivity index is 1.59. The zero-order valence-corrected chi connectivity index (χ0v) is 22.7. The van der Waals surface area contributed by atoms with Gasteiger partial charge in [0.05, 0.1) is 27.6 Å². The lowest BCUT2D eigenvalue weighted by atomic mass is 10.1. The van der Waals surface area contributed by atoms with E-state index in [1.165, 1.54) is 36.3 Å². The van der Waals surface area contributed by atoms with E-state index in [2.05, 4.69) is 9.97 Å². The maximum atomic E-state index is 15.0. The van der Waals surface area contributed by atoms with E-state index in [0.717, 1.165) is 20.8 Å². The molecule has 0 radical (unpaired) electrons. The first-order chi connectivity index (χ1) is 18.4. The van der Waals surface area contributed by atoms with E-state index in [-0.39, 0.29) is 12.2 Å². The molecule has 2 aromatic heterocycles. The number of rotatable bonds is 11. The highest BCUT2D eigenvalue weighted by Gasteiger charge is 2.35. The predicted molar refractivity (Wildman–Crippen MR) is 145 cm³/mol. The molecule has 0 spiro atoms. The lowest BCUT2D eigenvalue weighted by Gasteiger charge is -2.30. The number of esters is 2. The molecule has 4 atom stereocenters. The number of benzene rings is 2. The monoisotopic (exact) mass is 554 g/mol. The molecular weight excluding hydrogens is 527 g/mol. The molecule has 198 valence electrons. The van der Waals surface area contributed by atoms with Crippen molar-refractivity contribution < 1.29 is 28.2 Å². The summed E-state index contributed by atoms with van der Waals surface area (Å²) in [5.41, 5.74) is 1.35. The maximum absolute atomic E-state index is 15.0. The highest BCUT2D eigenvalue weighted by molar-refractivity contribution is 7.98. The first-order valence-electron chi connectivity index (χ1n) is 11.9. The molecule has 4 rings (SSSR count). The van der Waals surface area contributed by atoms with E-state index in [0.29, 0.717) is 5.56 Å². The number of thioether (sulfide) groups is 1. The number of hydrogen-bond acceptors (Lipinski definition) is 9. The van der Waals surface area contributed by atoms with Crippen molar-refractivity contribution in [1.82, 2.24) is 9.97 Å². The molecule has 0 N–H and O–H groups in total. The van der Waals surface area contributed by atoms with Crippen LogP contribution in [0, 0.1) is 0 Å². The van der Waals surface area contributed by atoms with Crippen LogP contribution in [0.4, 0.5) is 4.39 Å². The number of aromatic nitrogens is 2. The summed E-state index contributed by atoms with van der Waals surface area (Å²) in [4.78, 5) is 35.0. The first-order valence-corrected chi connectivity index (χ1v) is 14.0. The summed E-state index contributed by atoms with van der Waals surface area (Å²) in [7, 11) is 0. The second-order valence-electron chi connectivity index (χ2n) is 8.44. The minimum absolute atomic E-state index is 0.275. The van der Waals surface area contributed by atoms with Gasteiger partial charge in [-0.15, -0.1) is 23.1 Å². The third-order valence-corrected chi connectivity index (χ3v) is 7.63. The minimum atomic E-state index is -1.61. The summed E-state index contributed by atoms with van der Waals surface area (Å²) < 4.78 is 32.3. The zero-order chi connectivity index (χ0) is 27.1. The number of nitrogens with zero attached hydrogens (tertiary/aromatic N) is 2. The molecular formula is C28H27FN2O5S2. The van der Waals surface area contributed by atoms with E-state index in [9.17, 15) is 14.0 Å². The van der Waals surface area contributed by atoms with Crippen LogP contribution in [-0.2, 0) is 14.2 Å². The number of hydrogen-bond donors (Lipinski definition) is 0. The molecule has 0 saturated heterocycles. The highest BCUT2D eigenvalue weighted by Crippen LogP contribution is 2.36. The summed E-state index contributed by atoms with van der Waals surface area (Å²) in [6.07, 6.45) is -1.19. The molecule has 2 aromatic carbocycles. The second-order valence-corrected chi connectivity index (χ2v) is 10.1. The number of thiophene rings is 1.